The lowest BCUT2D eigenvalue weighted by Crippen LogP contribution is -2.16. The highest BCUT2D eigenvalue weighted by atomic mass is 35.7. The summed E-state index contributed by atoms with van der Waals surface area (Å²) in [5.41, 5.74) is 0. The summed E-state index contributed by atoms with van der Waals surface area (Å²) >= 11 is 11.9. The molecule has 0 radical (unpaired) electrons. The number of rotatable bonds is 4. The lowest BCUT2D eigenvalue weighted by atomic mass is 10.4. The molecular formula is C6H11Cl2NSi. The zero-order valence-corrected chi connectivity index (χ0v) is 8.54. The first-order valence-corrected chi connectivity index (χ1v) is 7.81. The normalized spacial score (nSPS) is 11.0. The van der Waals surface area contributed by atoms with Gasteiger partial charge in [-0.05, 0) is 18.5 Å². The van der Waals surface area contributed by atoms with Crippen molar-refractivity contribution in [3.05, 3.63) is 0 Å². The second kappa shape index (κ2) is 5.01. The first-order chi connectivity index (χ1) is 4.62. The first-order valence-electron chi connectivity index (χ1n) is 3.37. The van der Waals surface area contributed by atoms with Crippen molar-refractivity contribution < 1.29 is 0 Å². The number of halogens is 2. The molecule has 0 aliphatic heterocycles. The van der Waals surface area contributed by atoms with Gasteiger partial charge >= 0.3 is 0 Å². The molecule has 0 aromatic rings. The molecule has 0 saturated heterocycles. The Bertz CT molecular complexity index is 130. The average molecular weight is 196 g/mol. The molecule has 58 valence electrons. The van der Waals surface area contributed by atoms with Gasteiger partial charge in [-0.25, -0.2) is 0 Å². The molecule has 0 aromatic heterocycles. The van der Waals surface area contributed by atoms with E-state index in [-0.39, 0.29) is 0 Å². The van der Waals surface area contributed by atoms with Crippen LogP contribution in [0.1, 0.15) is 19.8 Å². The maximum atomic E-state index is 8.22. The lowest BCUT2D eigenvalue weighted by Gasteiger charge is -2.11. The van der Waals surface area contributed by atoms with Crippen molar-refractivity contribution in [2.45, 2.75) is 31.9 Å². The second-order valence-corrected chi connectivity index (χ2v) is 10.1. The van der Waals surface area contributed by atoms with Crippen LogP contribution >= 0.6 is 22.2 Å². The van der Waals surface area contributed by atoms with Gasteiger partial charge < -0.3 is 0 Å². The van der Waals surface area contributed by atoms with Crippen LogP contribution in [0.15, 0.2) is 0 Å². The highest BCUT2D eigenvalue weighted by Crippen LogP contribution is 2.26. The molecule has 0 aliphatic carbocycles. The van der Waals surface area contributed by atoms with Crippen LogP contribution in [0.2, 0.25) is 12.1 Å². The van der Waals surface area contributed by atoms with Gasteiger partial charge in [0.25, 0.3) is 6.69 Å². The van der Waals surface area contributed by atoms with Crippen LogP contribution in [0.25, 0.3) is 0 Å². The Balaban J connectivity index is 3.39. The Kier molecular flexibility index (Phi) is 5.15. The van der Waals surface area contributed by atoms with Crippen molar-refractivity contribution in [3.63, 3.8) is 0 Å². The molecular weight excluding hydrogens is 185 g/mol. The number of unbranched alkanes of at least 4 members (excludes halogenated alkanes) is 1. The fraction of sp³-hybridized carbons (Fsp3) is 0.833. The van der Waals surface area contributed by atoms with E-state index < -0.39 is 6.69 Å². The van der Waals surface area contributed by atoms with Gasteiger partial charge in [0, 0.05) is 6.42 Å². The highest BCUT2D eigenvalue weighted by Gasteiger charge is 2.24. The number of hydrogen-bond donors (Lipinski definition) is 0. The minimum Gasteiger partial charge on any atom is -0.198 e. The zero-order chi connectivity index (χ0) is 8.04. The summed E-state index contributed by atoms with van der Waals surface area (Å²) < 4.78 is 0. The summed E-state index contributed by atoms with van der Waals surface area (Å²) in [6.45, 7) is 0.0774. The standard InChI is InChI=1S/C6H11Cl2NSi/c1-2-10(7,8)6-4-3-5-9/h2-4,6H2,1H3. The van der Waals surface area contributed by atoms with E-state index in [0.29, 0.717) is 6.42 Å². The summed E-state index contributed by atoms with van der Waals surface area (Å²) in [7, 11) is 0. The minimum absolute atomic E-state index is 0.578. The van der Waals surface area contributed by atoms with Crippen LogP contribution in [0, 0.1) is 11.3 Å². The molecule has 0 N–H and O–H groups in total. The van der Waals surface area contributed by atoms with Crippen LogP contribution in [0.5, 0.6) is 0 Å². The quantitative estimate of drug-likeness (QED) is 0.384. The molecule has 10 heavy (non-hydrogen) atoms. The molecule has 0 spiro atoms. The fourth-order valence-corrected chi connectivity index (χ4v) is 2.45. The summed E-state index contributed by atoms with van der Waals surface area (Å²) in [5, 5.41) is 8.22. The van der Waals surface area contributed by atoms with Crippen molar-refractivity contribution in [2.75, 3.05) is 0 Å². The van der Waals surface area contributed by atoms with Crippen molar-refractivity contribution >= 4 is 28.9 Å². The molecule has 0 atom stereocenters. The lowest BCUT2D eigenvalue weighted by molar-refractivity contribution is 0.951. The van der Waals surface area contributed by atoms with Gasteiger partial charge in [0.05, 0.1) is 6.07 Å². The molecule has 1 nitrogen and oxygen atoms in total. The van der Waals surface area contributed by atoms with Crippen LogP contribution in [-0.2, 0) is 0 Å². The third-order valence-corrected chi connectivity index (χ3v) is 6.21. The maximum absolute atomic E-state index is 8.22. The Morgan fingerprint density at radius 3 is 2.50 bits per heavy atom. The molecule has 0 amide bonds. The van der Waals surface area contributed by atoms with Crippen molar-refractivity contribution in [3.8, 4) is 6.07 Å². The fourth-order valence-electron chi connectivity index (χ4n) is 0.603. The predicted molar refractivity (Wildman–Crippen MR) is 47.6 cm³/mol. The third kappa shape index (κ3) is 5.10. The summed E-state index contributed by atoms with van der Waals surface area (Å²) in [5.74, 6) is 0. The van der Waals surface area contributed by atoms with E-state index in [0.717, 1.165) is 18.5 Å². The van der Waals surface area contributed by atoms with Crippen LogP contribution < -0.4 is 0 Å². The van der Waals surface area contributed by atoms with Gasteiger partial charge in [-0.3, -0.25) is 0 Å². The van der Waals surface area contributed by atoms with Crippen LogP contribution in [0.3, 0.4) is 0 Å². The monoisotopic (exact) mass is 195 g/mol. The molecule has 0 saturated carbocycles. The summed E-state index contributed by atoms with van der Waals surface area (Å²) in [6, 6.07) is 3.79. The van der Waals surface area contributed by atoms with Gasteiger partial charge in [-0.1, -0.05) is 6.92 Å². The molecule has 0 aliphatic rings. The van der Waals surface area contributed by atoms with Crippen LogP contribution in [-0.4, -0.2) is 6.69 Å². The molecule has 0 aromatic carbocycles. The van der Waals surface area contributed by atoms with Gasteiger partial charge in [0.1, 0.15) is 0 Å². The number of nitrogens with zero attached hydrogens (tertiary/aromatic N) is 1. The first kappa shape index (κ1) is 10.3. The Hall–Kier alpha value is 0.287. The van der Waals surface area contributed by atoms with Gasteiger partial charge in [0.15, 0.2) is 0 Å². The molecule has 0 heterocycles. The second-order valence-electron chi connectivity index (χ2n) is 2.22. The smallest absolute Gasteiger partial charge is 0.198 e. The van der Waals surface area contributed by atoms with Crippen molar-refractivity contribution in [1.82, 2.24) is 0 Å². The number of hydrogen-bond acceptors (Lipinski definition) is 1. The van der Waals surface area contributed by atoms with Gasteiger partial charge in [-0.2, -0.15) is 5.26 Å². The molecule has 0 rings (SSSR count). The van der Waals surface area contributed by atoms with Crippen molar-refractivity contribution in [2.24, 2.45) is 0 Å². The van der Waals surface area contributed by atoms with Gasteiger partial charge in [-0.15, -0.1) is 22.2 Å². The highest BCUT2D eigenvalue weighted by molar-refractivity contribution is 7.45. The van der Waals surface area contributed by atoms with E-state index in [4.69, 9.17) is 27.4 Å². The van der Waals surface area contributed by atoms with E-state index >= 15 is 0 Å². The molecule has 0 fully saturated rings. The molecule has 0 bridgehead atoms. The predicted octanol–water partition coefficient (Wildman–Crippen LogP) is 3.23. The SMILES string of the molecule is CC[Si](Cl)(Cl)CCCC#N. The van der Waals surface area contributed by atoms with E-state index in [1.165, 1.54) is 0 Å². The van der Waals surface area contributed by atoms with Crippen LogP contribution in [0.4, 0.5) is 0 Å². The third-order valence-electron chi connectivity index (χ3n) is 1.35. The molecule has 0 unspecified atom stereocenters. The summed E-state index contributed by atoms with van der Waals surface area (Å²) in [4.78, 5) is 0. The Morgan fingerprint density at radius 2 is 2.10 bits per heavy atom. The zero-order valence-electron chi connectivity index (χ0n) is 6.03. The largest absolute Gasteiger partial charge is 0.251 e. The summed E-state index contributed by atoms with van der Waals surface area (Å²) in [6.07, 6.45) is 1.43. The van der Waals surface area contributed by atoms with E-state index in [2.05, 4.69) is 6.07 Å². The van der Waals surface area contributed by atoms with E-state index in [1.54, 1.807) is 0 Å². The number of nitriles is 1. The Labute approximate surface area is 72.4 Å². The van der Waals surface area contributed by atoms with E-state index in [9.17, 15) is 0 Å². The average Bonchev–Trinajstić information content (AvgIpc) is 1.89. The minimum atomic E-state index is -1.92. The maximum Gasteiger partial charge on any atom is 0.251 e. The van der Waals surface area contributed by atoms with Gasteiger partial charge in [0.2, 0.25) is 0 Å². The Morgan fingerprint density at radius 1 is 1.50 bits per heavy atom. The van der Waals surface area contributed by atoms with Crippen molar-refractivity contribution in [1.29, 1.82) is 5.26 Å². The van der Waals surface area contributed by atoms with E-state index in [1.807, 2.05) is 6.92 Å². The topological polar surface area (TPSA) is 23.8 Å². The molecule has 4 heteroatoms.